The summed E-state index contributed by atoms with van der Waals surface area (Å²) in [5.74, 6) is 0.775. The predicted molar refractivity (Wildman–Crippen MR) is 127 cm³/mol. The molecule has 0 aliphatic heterocycles. The number of fused-ring (bicyclic) bond motifs is 1. The van der Waals surface area contributed by atoms with Crippen LogP contribution in [0, 0.1) is 0 Å². The largest absolute Gasteiger partial charge is 0.489 e. The van der Waals surface area contributed by atoms with Gasteiger partial charge in [-0.25, -0.2) is 0 Å². The van der Waals surface area contributed by atoms with Gasteiger partial charge in [0.15, 0.2) is 8.32 Å². The van der Waals surface area contributed by atoms with E-state index in [4.69, 9.17) is 9.16 Å². The lowest BCUT2D eigenvalue weighted by atomic mass is 9.93. The van der Waals surface area contributed by atoms with E-state index in [9.17, 15) is 5.11 Å². The number of aliphatic hydroxyl groups is 1. The minimum absolute atomic E-state index is 0.171. The number of hydrogen-bond acceptors (Lipinski definition) is 3. The maximum absolute atomic E-state index is 11.5. The second-order valence-corrected chi connectivity index (χ2v) is 13.1. The summed E-state index contributed by atoms with van der Waals surface area (Å²) < 4.78 is 12.3. The summed E-state index contributed by atoms with van der Waals surface area (Å²) in [6.07, 6.45) is 0.809. The average Bonchev–Trinajstić information content (AvgIpc) is 2.71. The van der Waals surface area contributed by atoms with Crippen LogP contribution in [-0.2, 0) is 16.6 Å². The van der Waals surface area contributed by atoms with Crippen molar-refractivity contribution in [3.63, 3.8) is 0 Å². The summed E-state index contributed by atoms with van der Waals surface area (Å²) in [4.78, 5) is 0. The van der Waals surface area contributed by atoms with Gasteiger partial charge in [0.2, 0.25) is 0 Å². The van der Waals surface area contributed by atoms with E-state index in [0.29, 0.717) is 19.1 Å². The third kappa shape index (κ3) is 5.72. The van der Waals surface area contributed by atoms with Gasteiger partial charge in [-0.3, -0.25) is 0 Å². The van der Waals surface area contributed by atoms with E-state index < -0.39 is 13.9 Å². The van der Waals surface area contributed by atoms with Gasteiger partial charge in [-0.05, 0) is 79.5 Å². The Morgan fingerprint density at radius 1 is 0.933 bits per heavy atom. The highest BCUT2D eigenvalue weighted by Crippen LogP contribution is 2.36. The number of rotatable bonds is 9. The van der Waals surface area contributed by atoms with E-state index in [1.807, 2.05) is 31.2 Å². The van der Waals surface area contributed by atoms with Crippen LogP contribution in [0.25, 0.3) is 10.8 Å². The summed E-state index contributed by atoms with van der Waals surface area (Å²) in [7, 11) is -2.01. The summed E-state index contributed by atoms with van der Waals surface area (Å²) in [5, 5.41) is 13.9. The van der Waals surface area contributed by atoms with Crippen molar-refractivity contribution in [2.45, 2.75) is 64.6 Å². The van der Waals surface area contributed by atoms with Crippen LogP contribution in [0.15, 0.2) is 66.7 Å². The molecule has 3 aromatic carbocycles. The smallest absolute Gasteiger partial charge is 0.190 e. The number of ether oxygens (including phenoxy) is 1. The Kier molecular flexibility index (Phi) is 7.01. The van der Waals surface area contributed by atoms with Gasteiger partial charge >= 0.3 is 0 Å². The zero-order valence-corrected chi connectivity index (χ0v) is 19.8. The standard InChI is InChI=1S/C26H34O3Si/c1-6-26(27,19-30(4,5)29-20(2)3)24-12-9-13-25(17-24)28-18-21-14-15-22-10-7-8-11-23(22)16-21/h7-17,20,27H,6,18-19H2,1-5H3. The molecule has 0 saturated carbocycles. The molecule has 0 aliphatic rings. The molecule has 3 nitrogen and oxygen atoms in total. The van der Waals surface area contributed by atoms with Crippen molar-refractivity contribution in [1.29, 1.82) is 0 Å². The predicted octanol–water partition coefficient (Wildman–Crippen LogP) is 6.65. The van der Waals surface area contributed by atoms with E-state index in [1.165, 1.54) is 10.8 Å². The van der Waals surface area contributed by atoms with Gasteiger partial charge in [0.1, 0.15) is 12.4 Å². The van der Waals surface area contributed by atoms with E-state index in [-0.39, 0.29) is 6.10 Å². The SMILES string of the molecule is CCC(O)(C[Si](C)(C)OC(C)C)c1cccc(OCc2ccc3ccccc3c2)c1. The molecule has 160 valence electrons. The van der Waals surface area contributed by atoms with Crippen molar-refractivity contribution in [3.05, 3.63) is 77.9 Å². The second kappa shape index (κ2) is 9.34. The molecule has 0 aromatic heterocycles. The normalized spacial score (nSPS) is 14.1. The zero-order valence-electron chi connectivity index (χ0n) is 18.8. The molecule has 3 rings (SSSR count). The second-order valence-electron chi connectivity index (χ2n) is 8.99. The molecule has 0 radical (unpaired) electrons. The molecular weight excluding hydrogens is 388 g/mol. The Morgan fingerprint density at radius 2 is 1.67 bits per heavy atom. The van der Waals surface area contributed by atoms with E-state index in [1.54, 1.807) is 0 Å². The number of benzene rings is 3. The van der Waals surface area contributed by atoms with Gasteiger partial charge in [-0.15, -0.1) is 0 Å². The maximum atomic E-state index is 11.5. The molecule has 3 aromatic rings. The highest BCUT2D eigenvalue weighted by Gasteiger charge is 2.38. The molecule has 0 amide bonds. The van der Waals surface area contributed by atoms with Crippen LogP contribution >= 0.6 is 0 Å². The monoisotopic (exact) mass is 422 g/mol. The number of hydrogen-bond donors (Lipinski definition) is 1. The lowest BCUT2D eigenvalue weighted by Crippen LogP contribution is -2.42. The first-order valence-corrected chi connectivity index (χ1v) is 13.9. The fraction of sp³-hybridized carbons (Fsp3) is 0.385. The van der Waals surface area contributed by atoms with Crippen molar-refractivity contribution < 1.29 is 14.3 Å². The van der Waals surface area contributed by atoms with E-state index in [0.717, 1.165) is 16.9 Å². The van der Waals surface area contributed by atoms with Gasteiger partial charge < -0.3 is 14.3 Å². The summed E-state index contributed by atoms with van der Waals surface area (Å²) in [6, 6.07) is 23.3. The fourth-order valence-electron chi connectivity index (χ4n) is 4.19. The molecule has 30 heavy (non-hydrogen) atoms. The van der Waals surface area contributed by atoms with Gasteiger partial charge in [-0.1, -0.05) is 55.5 Å². The van der Waals surface area contributed by atoms with Crippen LogP contribution in [0.4, 0.5) is 0 Å². The highest BCUT2D eigenvalue weighted by atomic mass is 28.4. The fourth-order valence-corrected chi connectivity index (χ4v) is 7.41. The Bertz CT molecular complexity index is 983. The van der Waals surface area contributed by atoms with Gasteiger partial charge in [0, 0.05) is 6.10 Å². The summed E-state index contributed by atoms with van der Waals surface area (Å²) in [6.45, 7) is 11.0. The minimum Gasteiger partial charge on any atom is -0.489 e. The molecule has 1 N–H and O–H groups in total. The van der Waals surface area contributed by atoms with Gasteiger partial charge in [0.25, 0.3) is 0 Å². The molecule has 0 heterocycles. The van der Waals surface area contributed by atoms with Crippen LogP contribution in [0.2, 0.25) is 19.1 Å². The average molecular weight is 423 g/mol. The lowest BCUT2D eigenvalue weighted by molar-refractivity contribution is 0.0451. The molecule has 0 fully saturated rings. The van der Waals surface area contributed by atoms with Gasteiger partial charge in [0.05, 0.1) is 5.60 Å². The van der Waals surface area contributed by atoms with Crippen molar-refractivity contribution in [2.24, 2.45) is 0 Å². The van der Waals surface area contributed by atoms with Crippen molar-refractivity contribution in [2.75, 3.05) is 0 Å². The first kappa shape index (κ1) is 22.5. The minimum atomic E-state index is -2.01. The summed E-state index contributed by atoms with van der Waals surface area (Å²) in [5.41, 5.74) is 1.12. The Labute approximate surface area is 181 Å². The van der Waals surface area contributed by atoms with Crippen LogP contribution in [0.5, 0.6) is 5.75 Å². The van der Waals surface area contributed by atoms with Crippen LogP contribution < -0.4 is 4.74 Å². The van der Waals surface area contributed by atoms with E-state index >= 15 is 0 Å². The molecule has 0 spiro atoms. The molecule has 0 aliphatic carbocycles. The van der Waals surface area contributed by atoms with Crippen LogP contribution in [-0.4, -0.2) is 19.5 Å². The molecular formula is C26H34O3Si. The zero-order chi connectivity index (χ0) is 21.8. The first-order valence-electron chi connectivity index (χ1n) is 10.8. The van der Waals surface area contributed by atoms with Crippen molar-refractivity contribution >= 4 is 19.1 Å². The van der Waals surface area contributed by atoms with Gasteiger partial charge in [-0.2, -0.15) is 0 Å². The Hall–Kier alpha value is -2.14. The molecule has 0 bridgehead atoms. The third-order valence-corrected chi connectivity index (χ3v) is 7.99. The van der Waals surface area contributed by atoms with E-state index in [2.05, 4.69) is 69.4 Å². The third-order valence-electron chi connectivity index (χ3n) is 5.45. The Balaban J connectivity index is 1.75. The topological polar surface area (TPSA) is 38.7 Å². The maximum Gasteiger partial charge on any atom is 0.190 e. The van der Waals surface area contributed by atoms with Crippen molar-refractivity contribution in [1.82, 2.24) is 0 Å². The Morgan fingerprint density at radius 3 is 2.37 bits per heavy atom. The highest BCUT2D eigenvalue weighted by molar-refractivity contribution is 6.71. The molecule has 0 saturated heterocycles. The molecule has 1 atom stereocenters. The quantitative estimate of drug-likeness (QED) is 0.393. The molecule has 4 heteroatoms. The van der Waals surface area contributed by atoms with Crippen LogP contribution in [0.1, 0.15) is 38.3 Å². The molecule has 1 unspecified atom stereocenters. The summed E-state index contributed by atoms with van der Waals surface area (Å²) >= 11 is 0. The van der Waals surface area contributed by atoms with Crippen LogP contribution in [0.3, 0.4) is 0 Å². The lowest BCUT2D eigenvalue weighted by Gasteiger charge is -2.36. The van der Waals surface area contributed by atoms with Crippen molar-refractivity contribution in [3.8, 4) is 5.75 Å². The first-order chi connectivity index (χ1) is 14.2.